The summed E-state index contributed by atoms with van der Waals surface area (Å²) in [5, 5.41) is 2.03. The van der Waals surface area contributed by atoms with Crippen LogP contribution < -0.4 is 10.4 Å². The van der Waals surface area contributed by atoms with E-state index in [9.17, 15) is 4.79 Å². The Kier molecular flexibility index (Phi) is 2.36. The molecule has 0 bridgehead atoms. The molecular formula is C17H12O4. The fourth-order valence-corrected chi connectivity index (χ4v) is 2.65. The minimum atomic E-state index is -0.395. The van der Waals surface area contributed by atoms with Gasteiger partial charge in [0.2, 0.25) is 0 Å². The molecular weight excluding hydrogens is 268 g/mol. The van der Waals surface area contributed by atoms with E-state index >= 15 is 0 Å². The fraction of sp³-hybridized carbons (Fsp3) is 0.118. The lowest BCUT2D eigenvalue weighted by molar-refractivity contribution is 0.414. The van der Waals surface area contributed by atoms with E-state index in [0.717, 1.165) is 16.3 Å². The molecule has 4 rings (SSSR count). The van der Waals surface area contributed by atoms with Crippen molar-refractivity contribution in [3.63, 3.8) is 0 Å². The highest BCUT2D eigenvalue weighted by molar-refractivity contribution is 6.12. The van der Waals surface area contributed by atoms with Crippen LogP contribution in [0.25, 0.3) is 32.9 Å². The fourth-order valence-electron chi connectivity index (χ4n) is 2.65. The number of hydrogen-bond donors (Lipinski definition) is 0. The number of furan rings is 1. The van der Waals surface area contributed by atoms with Crippen LogP contribution >= 0.6 is 0 Å². The zero-order valence-corrected chi connectivity index (χ0v) is 11.6. The quantitative estimate of drug-likeness (QED) is 0.494. The van der Waals surface area contributed by atoms with E-state index in [0.29, 0.717) is 27.9 Å². The summed E-state index contributed by atoms with van der Waals surface area (Å²) in [6.07, 6.45) is 0. The summed E-state index contributed by atoms with van der Waals surface area (Å²) in [7, 11) is 1.57. The van der Waals surface area contributed by atoms with Crippen molar-refractivity contribution in [2.45, 2.75) is 6.92 Å². The Morgan fingerprint density at radius 1 is 0.952 bits per heavy atom. The Morgan fingerprint density at radius 2 is 1.71 bits per heavy atom. The van der Waals surface area contributed by atoms with Crippen LogP contribution in [0.15, 0.2) is 50.0 Å². The molecule has 0 aliphatic rings. The molecule has 104 valence electrons. The van der Waals surface area contributed by atoms with Gasteiger partial charge < -0.3 is 13.6 Å². The number of aryl methyl sites for hydroxylation is 1. The molecule has 4 heteroatoms. The van der Waals surface area contributed by atoms with Gasteiger partial charge in [-0.05, 0) is 36.8 Å². The first kappa shape index (κ1) is 12.0. The lowest BCUT2D eigenvalue weighted by Gasteiger charge is -2.01. The van der Waals surface area contributed by atoms with Crippen LogP contribution in [0, 0.1) is 6.92 Å². The summed E-state index contributed by atoms with van der Waals surface area (Å²) >= 11 is 0. The Morgan fingerprint density at radius 3 is 2.52 bits per heavy atom. The molecule has 0 saturated heterocycles. The van der Waals surface area contributed by atoms with Gasteiger partial charge >= 0.3 is 5.63 Å². The highest BCUT2D eigenvalue weighted by Crippen LogP contribution is 2.33. The van der Waals surface area contributed by atoms with Crippen molar-refractivity contribution in [1.82, 2.24) is 0 Å². The predicted molar refractivity (Wildman–Crippen MR) is 81.1 cm³/mol. The molecule has 2 aromatic heterocycles. The number of rotatable bonds is 1. The lowest BCUT2D eigenvalue weighted by atomic mass is 10.1. The molecule has 21 heavy (non-hydrogen) atoms. The summed E-state index contributed by atoms with van der Waals surface area (Å²) in [4.78, 5) is 12.3. The van der Waals surface area contributed by atoms with Crippen molar-refractivity contribution in [2.75, 3.05) is 7.11 Å². The van der Waals surface area contributed by atoms with E-state index in [4.69, 9.17) is 13.6 Å². The highest BCUT2D eigenvalue weighted by atomic mass is 16.5. The third-order valence-corrected chi connectivity index (χ3v) is 3.69. The van der Waals surface area contributed by atoms with Gasteiger partial charge in [-0.2, -0.15) is 0 Å². The number of methoxy groups -OCH3 is 1. The van der Waals surface area contributed by atoms with Crippen LogP contribution in [0.5, 0.6) is 5.75 Å². The first-order chi connectivity index (χ1) is 10.2. The van der Waals surface area contributed by atoms with Gasteiger partial charge in [0, 0.05) is 11.5 Å². The molecule has 0 aliphatic carbocycles. The van der Waals surface area contributed by atoms with Crippen molar-refractivity contribution in [2.24, 2.45) is 0 Å². The second-order valence-electron chi connectivity index (χ2n) is 5.06. The van der Waals surface area contributed by atoms with Crippen LogP contribution in [-0.2, 0) is 0 Å². The van der Waals surface area contributed by atoms with Crippen LogP contribution in [0.1, 0.15) is 5.56 Å². The topological polar surface area (TPSA) is 52.6 Å². The van der Waals surface area contributed by atoms with Crippen LogP contribution in [-0.4, -0.2) is 7.11 Å². The molecule has 0 amide bonds. The lowest BCUT2D eigenvalue weighted by Crippen LogP contribution is -1.98. The van der Waals surface area contributed by atoms with Crippen molar-refractivity contribution in [1.29, 1.82) is 0 Å². The standard InChI is InChI=1S/C17H12O4/c1-9-3-5-11-13(7-9)20-16-12-6-4-10(19-2)8-14(12)21-17(18)15(11)16/h3-8H,1-2H3. The van der Waals surface area contributed by atoms with E-state index in [2.05, 4.69) is 0 Å². The molecule has 0 N–H and O–H groups in total. The summed E-state index contributed by atoms with van der Waals surface area (Å²) in [5.74, 6) is 0.636. The molecule has 4 aromatic rings. The summed E-state index contributed by atoms with van der Waals surface area (Å²) in [6.45, 7) is 1.98. The maximum absolute atomic E-state index is 12.3. The summed E-state index contributed by atoms with van der Waals surface area (Å²) in [5.41, 5.74) is 2.40. The van der Waals surface area contributed by atoms with E-state index in [1.54, 1.807) is 13.2 Å². The second-order valence-corrected chi connectivity index (χ2v) is 5.06. The van der Waals surface area contributed by atoms with Crippen molar-refractivity contribution in [3.05, 3.63) is 52.4 Å². The molecule has 0 aliphatic heterocycles. The van der Waals surface area contributed by atoms with Gasteiger partial charge in [0.1, 0.15) is 22.3 Å². The SMILES string of the molecule is COc1ccc2c(c1)oc(=O)c1c3ccc(C)cc3oc21. The molecule has 0 radical (unpaired) electrons. The van der Waals surface area contributed by atoms with E-state index in [1.807, 2.05) is 37.3 Å². The van der Waals surface area contributed by atoms with E-state index in [-0.39, 0.29) is 0 Å². The maximum atomic E-state index is 12.3. The van der Waals surface area contributed by atoms with Crippen LogP contribution in [0.2, 0.25) is 0 Å². The number of hydrogen-bond acceptors (Lipinski definition) is 4. The zero-order valence-electron chi connectivity index (χ0n) is 11.6. The molecule has 0 atom stereocenters. The van der Waals surface area contributed by atoms with Gasteiger partial charge in [-0.1, -0.05) is 6.07 Å². The third-order valence-electron chi connectivity index (χ3n) is 3.69. The van der Waals surface area contributed by atoms with Crippen LogP contribution in [0.4, 0.5) is 0 Å². The Balaban J connectivity index is 2.24. The normalized spacial score (nSPS) is 11.5. The van der Waals surface area contributed by atoms with E-state index < -0.39 is 5.63 Å². The zero-order chi connectivity index (χ0) is 14.6. The van der Waals surface area contributed by atoms with Gasteiger partial charge in [0.05, 0.1) is 12.5 Å². The van der Waals surface area contributed by atoms with Gasteiger partial charge in [0.25, 0.3) is 0 Å². The monoisotopic (exact) mass is 280 g/mol. The highest BCUT2D eigenvalue weighted by Gasteiger charge is 2.16. The predicted octanol–water partition coefficient (Wildman–Crippen LogP) is 4.01. The van der Waals surface area contributed by atoms with Gasteiger partial charge in [-0.3, -0.25) is 0 Å². The molecule has 0 unspecified atom stereocenters. The average molecular weight is 280 g/mol. The van der Waals surface area contributed by atoms with Gasteiger partial charge in [-0.15, -0.1) is 0 Å². The summed E-state index contributed by atoms with van der Waals surface area (Å²) < 4.78 is 16.5. The first-order valence-electron chi connectivity index (χ1n) is 6.61. The molecule has 0 spiro atoms. The number of ether oxygens (including phenoxy) is 1. The number of fused-ring (bicyclic) bond motifs is 5. The van der Waals surface area contributed by atoms with Crippen molar-refractivity contribution >= 4 is 32.9 Å². The maximum Gasteiger partial charge on any atom is 0.348 e. The Bertz CT molecular complexity index is 1050. The van der Waals surface area contributed by atoms with E-state index in [1.165, 1.54) is 0 Å². The molecule has 0 fully saturated rings. The smallest absolute Gasteiger partial charge is 0.348 e. The van der Waals surface area contributed by atoms with Crippen molar-refractivity contribution in [3.8, 4) is 5.75 Å². The minimum absolute atomic E-state index is 0.395. The second kappa shape index (κ2) is 4.12. The third kappa shape index (κ3) is 1.65. The summed E-state index contributed by atoms with van der Waals surface area (Å²) in [6, 6.07) is 11.1. The molecule has 4 nitrogen and oxygen atoms in total. The first-order valence-corrected chi connectivity index (χ1v) is 6.61. The molecule has 2 aromatic carbocycles. The van der Waals surface area contributed by atoms with Crippen molar-refractivity contribution < 1.29 is 13.6 Å². The molecule has 2 heterocycles. The number of benzene rings is 2. The van der Waals surface area contributed by atoms with Crippen LogP contribution in [0.3, 0.4) is 0 Å². The molecule has 0 saturated carbocycles. The largest absolute Gasteiger partial charge is 0.497 e. The Labute approximate surface area is 119 Å². The average Bonchev–Trinajstić information content (AvgIpc) is 2.85. The minimum Gasteiger partial charge on any atom is -0.497 e. The Hall–Kier alpha value is -2.75. The van der Waals surface area contributed by atoms with Gasteiger partial charge in [-0.25, -0.2) is 4.79 Å². The van der Waals surface area contributed by atoms with Gasteiger partial charge in [0.15, 0.2) is 5.58 Å².